The molecule has 1 unspecified atom stereocenters. The van der Waals surface area contributed by atoms with Crippen LogP contribution >= 0.6 is 0 Å². The molecule has 94 valence electrons. The van der Waals surface area contributed by atoms with Gasteiger partial charge in [-0.2, -0.15) is 0 Å². The smallest absolute Gasteiger partial charge is 0.323 e. The number of carboxylic acids is 1. The maximum atomic E-state index is 11.1. The lowest BCUT2D eigenvalue weighted by Gasteiger charge is -2.25. The van der Waals surface area contributed by atoms with E-state index in [4.69, 9.17) is 9.84 Å². The predicted molar refractivity (Wildman–Crippen MR) is 66.3 cm³/mol. The Kier molecular flexibility index (Phi) is 4.97. The van der Waals surface area contributed by atoms with Crippen LogP contribution in [-0.4, -0.2) is 29.8 Å². The molecule has 1 atom stereocenters. The van der Waals surface area contributed by atoms with Crippen LogP contribution in [0, 0.1) is 0 Å². The fourth-order valence-electron chi connectivity index (χ4n) is 1.55. The maximum Gasteiger partial charge on any atom is 0.323 e. The molecule has 0 fully saturated rings. The lowest BCUT2D eigenvalue weighted by molar-refractivity contribution is -0.144. The molecule has 1 aromatic rings. The van der Waals surface area contributed by atoms with Crippen molar-refractivity contribution in [2.45, 2.75) is 25.8 Å². The van der Waals surface area contributed by atoms with Crippen LogP contribution in [0.1, 0.15) is 20.3 Å². The summed E-state index contributed by atoms with van der Waals surface area (Å²) >= 11 is 0. The predicted octanol–water partition coefficient (Wildman–Crippen LogP) is 1.91. The number of rotatable bonds is 7. The number of benzene rings is 1. The largest absolute Gasteiger partial charge is 0.494 e. The number of likely N-dealkylation sites (N-methyl/N-ethyl adjacent to an activating group) is 1. The Labute approximate surface area is 102 Å². The van der Waals surface area contributed by atoms with Gasteiger partial charge in [0.25, 0.3) is 0 Å². The van der Waals surface area contributed by atoms with E-state index in [1.807, 2.05) is 37.3 Å². The van der Waals surface area contributed by atoms with E-state index in [1.54, 1.807) is 6.92 Å². The van der Waals surface area contributed by atoms with E-state index in [9.17, 15) is 4.79 Å². The zero-order valence-electron chi connectivity index (χ0n) is 10.3. The number of nitrogens with one attached hydrogen (secondary N) is 1. The molecule has 1 rings (SSSR count). The summed E-state index contributed by atoms with van der Waals surface area (Å²) < 4.78 is 5.49. The van der Waals surface area contributed by atoms with E-state index in [0.717, 1.165) is 5.75 Å². The van der Waals surface area contributed by atoms with Crippen molar-refractivity contribution < 1.29 is 14.6 Å². The van der Waals surface area contributed by atoms with Gasteiger partial charge in [0.2, 0.25) is 0 Å². The molecule has 0 saturated carbocycles. The van der Waals surface area contributed by atoms with Crippen LogP contribution in [0.15, 0.2) is 30.3 Å². The molecule has 0 aliphatic heterocycles. The molecule has 0 aliphatic rings. The number of hydrogen-bond donors (Lipinski definition) is 2. The summed E-state index contributed by atoms with van der Waals surface area (Å²) in [7, 11) is 0. The molecule has 0 aliphatic carbocycles. The molecule has 2 N–H and O–H groups in total. The van der Waals surface area contributed by atoms with Crippen LogP contribution in [0.4, 0.5) is 0 Å². The minimum Gasteiger partial charge on any atom is -0.494 e. The third kappa shape index (κ3) is 4.07. The Morgan fingerprint density at radius 3 is 2.59 bits per heavy atom. The SMILES string of the molecule is CCNC(C)(CCOc1ccccc1)C(=O)O. The highest BCUT2D eigenvalue weighted by Crippen LogP contribution is 2.13. The van der Waals surface area contributed by atoms with E-state index in [-0.39, 0.29) is 0 Å². The minimum absolute atomic E-state index is 0.375. The first kappa shape index (κ1) is 13.5. The molecular weight excluding hydrogens is 218 g/mol. The van der Waals surface area contributed by atoms with Crippen LogP contribution in [0.3, 0.4) is 0 Å². The summed E-state index contributed by atoms with van der Waals surface area (Å²) in [5.41, 5.74) is -0.927. The van der Waals surface area contributed by atoms with E-state index >= 15 is 0 Å². The summed E-state index contributed by atoms with van der Waals surface area (Å²) in [6.07, 6.45) is 0.422. The zero-order valence-corrected chi connectivity index (χ0v) is 10.3. The summed E-state index contributed by atoms with van der Waals surface area (Å²) in [5.74, 6) is -0.0900. The first-order valence-electron chi connectivity index (χ1n) is 5.75. The lowest BCUT2D eigenvalue weighted by atomic mass is 9.98. The third-order valence-electron chi connectivity index (χ3n) is 2.65. The van der Waals surface area contributed by atoms with Gasteiger partial charge in [0, 0.05) is 6.42 Å². The summed E-state index contributed by atoms with van der Waals surface area (Å²) in [5, 5.41) is 12.1. The summed E-state index contributed by atoms with van der Waals surface area (Å²) in [6.45, 7) is 4.56. The van der Waals surface area contributed by atoms with Gasteiger partial charge >= 0.3 is 5.97 Å². The van der Waals surface area contributed by atoms with Crippen molar-refractivity contribution in [1.82, 2.24) is 5.32 Å². The average molecular weight is 237 g/mol. The molecule has 4 nitrogen and oxygen atoms in total. The molecule has 0 spiro atoms. The van der Waals surface area contributed by atoms with Crippen LogP contribution in [0.5, 0.6) is 5.75 Å². The molecule has 0 bridgehead atoms. The molecule has 1 aromatic carbocycles. The van der Waals surface area contributed by atoms with Gasteiger partial charge < -0.3 is 15.2 Å². The first-order chi connectivity index (χ1) is 8.08. The highest BCUT2D eigenvalue weighted by Gasteiger charge is 2.31. The van der Waals surface area contributed by atoms with Crippen molar-refractivity contribution in [3.63, 3.8) is 0 Å². The Bertz CT molecular complexity index is 353. The summed E-state index contributed by atoms with van der Waals surface area (Å²) in [4.78, 5) is 11.1. The zero-order chi connectivity index (χ0) is 12.7. The van der Waals surface area contributed by atoms with E-state index in [2.05, 4.69) is 5.32 Å². The fourth-order valence-corrected chi connectivity index (χ4v) is 1.55. The number of ether oxygens (including phenoxy) is 1. The number of aliphatic carboxylic acids is 1. The van der Waals surface area contributed by atoms with Gasteiger partial charge in [0.1, 0.15) is 11.3 Å². The molecule has 0 radical (unpaired) electrons. The van der Waals surface area contributed by atoms with Gasteiger partial charge in [-0.3, -0.25) is 4.79 Å². The van der Waals surface area contributed by atoms with Gasteiger partial charge in [-0.05, 0) is 25.6 Å². The quantitative estimate of drug-likeness (QED) is 0.760. The monoisotopic (exact) mass is 237 g/mol. The number of carbonyl (C=O) groups is 1. The standard InChI is InChI=1S/C13H19NO3/c1-3-14-13(2,12(15)16)9-10-17-11-7-5-4-6-8-11/h4-8,14H,3,9-10H2,1-2H3,(H,15,16). The topological polar surface area (TPSA) is 58.6 Å². The molecule has 0 amide bonds. The molecule has 0 heterocycles. The van der Waals surface area contributed by atoms with Crippen molar-refractivity contribution in [2.24, 2.45) is 0 Å². The second-order valence-corrected chi connectivity index (χ2v) is 4.08. The number of carboxylic acid groups (broad SMARTS) is 1. The lowest BCUT2D eigenvalue weighted by Crippen LogP contribution is -2.50. The van der Waals surface area contributed by atoms with Crippen molar-refractivity contribution >= 4 is 5.97 Å². The number of para-hydroxylation sites is 1. The van der Waals surface area contributed by atoms with Crippen LogP contribution in [-0.2, 0) is 4.79 Å². The highest BCUT2D eigenvalue weighted by molar-refractivity contribution is 5.78. The van der Waals surface area contributed by atoms with Crippen molar-refractivity contribution in [3.05, 3.63) is 30.3 Å². The Morgan fingerprint density at radius 1 is 1.41 bits per heavy atom. The highest BCUT2D eigenvalue weighted by atomic mass is 16.5. The van der Waals surface area contributed by atoms with Gasteiger partial charge in [-0.15, -0.1) is 0 Å². The Balaban J connectivity index is 2.45. The van der Waals surface area contributed by atoms with E-state index in [0.29, 0.717) is 19.6 Å². The second-order valence-electron chi connectivity index (χ2n) is 4.08. The van der Waals surface area contributed by atoms with Gasteiger partial charge in [0.15, 0.2) is 0 Å². The van der Waals surface area contributed by atoms with E-state index < -0.39 is 11.5 Å². The first-order valence-corrected chi connectivity index (χ1v) is 5.75. The van der Waals surface area contributed by atoms with E-state index in [1.165, 1.54) is 0 Å². The summed E-state index contributed by atoms with van der Waals surface area (Å²) in [6, 6.07) is 9.38. The van der Waals surface area contributed by atoms with Crippen LogP contribution in [0.25, 0.3) is 0 Å². The molecule has 0 saturated heterocycles. The van der Waals surface area contributed by atoms with Gasteiger partial charge in [-0.25, -0.2) is 0 Å². The molecule has 0 aromatic heterocycles. The maximum absolute atomic E-state index is 11.1. The van der Waals surface area contributed by atoms with Gasteiger partial charge in [0.05, 0.1) is 6.61 Å². The Morgan fingerprint density at radius 2 is 2.06 bits per heavy atom. The number of hydrogen-bond acceptors (Lipinski definition) is 3. The fraction of sp³-hybridized carbons (Fsp3) is 0.462. The van der Waals surface area contributed by atoms with Crippen molar-refractivity contribution in [1.29, 1.82) is 0 Å². The average Bonchev–Trinajstić information content (AvgIpc) is 2.30. The Hall–Kier alpha value is -1.55. The van der Waals surface area contributed by atoms with Crippen LogP contribution < -0.4 is 10.1 Å². The third-order valence-corrected chi connectivity index (χ3v) is 2.65. The molecule has 4 heteroatoms. The normalized spacial score (nSPS) is 14.0. The van der Waals surface area contributed by atoms with Crippen LogP contribution in [0.2, 0.25) is 0 Å². The minimum atomic E-state index is -0.927. The molecular formula is C13H19NO3. The molecule has 17 heavy (non-hydrogen) atoms. The van der Waals surface area contributed by atoms with Gasteiger partial charge in [-0.1, -0.05) is 25.1 Å². The van der Waals surface area contributed by atoms with Crippen molar-refractivity contribution in [3.8, 4) is 5.75 Å². The second kappa shape index (κ2) is 6.25. The van der Waals surface area contributed by atoms with Crippen molar-refractivity contribution in [2.75, 3.05) is 13.2 Å².